The molecule has 0 aromatic heterocycles. The molecule has 98 valence electrons. The van der Waals surface area contributed by atoms with Crippen LogP contribution in [0.3, 0.4) is 0 Å². The molecule has 2 nitrogen and oxygen atoms in total. The van der Waals surface area contributed by atoms with Crippen molar-refractivity contribution in [2.75, 3.05) is 0 Å². The molecule has 2 aromatic rings. The van der Waals surface area contributed by atoms with Gasteiger partial charge >= 0.3 is 0 Å². The molecular weight excluding hydrogens is 258 g/mol. The number of hydrogen-bond acceptors (Lipinski definition) is 2. The van der Waals surface area contributed by atoms with Gasteiger partial charge in [-0.05, 0) is 60.7 Å². The Morgan fingerprint density at radius 1 is 1.05 bits per heavy atom. The summed E-state index contributed by atoms with van der Waals surface area (Å²) < 4.78 is 5.94. The summed E-state index contributed by atoms with van der Waals surface area (Å²) in [6.45, 7) is 0.417. The largest absolute Gasteiger partial charge is 0.457 e. The molecule has 2 N–H and O–H groups in total. The van der Waals surface area contributed by atoms with Crippen LogP contribution in [-0.4, -0.2) is 0 Å². The Bertz CT molecular complexity index is 610. The lowest BCUT2D eigenvalue weighted by molar-refractivity contribution is 0.476. The van der Waals surface area contributed by atoms with Gasteiger partial charge in [0.1, 0.15) is 11.5 Å². The Balaban J connectivity index is 1.89. The molecular formula is C16H16ClNO. The molecule has 19 heavy (non-hydrogen) atoms. The van der Waals surface area contributed by atoms with E-state index in [2.05, 4.69) is 12.1 Å². The number of fused-ring (bicyclic) bond motifs is 1. The maximum absolute atomic E-state index is 5.96. The fraction of sp³-hybridized carbons (Fsp3) is 0.250. The summed E-state index contributed by atoms with van der Waals surface area (Å²) in [6.07, 6.45) is 3.58. The molecule has 0 atom stereocenters. The highest BCUT2D eigenvalue weighted by molar-refractivity contribution is 6.30. The van der Waals surface area contributed by atoms with Gasteiger partial charge in [0.2, 0.25) is 0 Å². The molecule has 2 aromatic carbocycles. The second-order valence-electron chi connectivity index (χ2n) is 4.84. The number of rotatable bonds is 3. The predicted octanol–water partition coefficient (Wildman–Crippen LogP) is 4.08. The highest BCUT2D eigenvalue weighted by Crippen LogP contribution is 2.31. The SMILES string of the molecule is NCc1cc(Cl)ccc1Oc1ccc2c(c1)CCC2. The van der Waals surface area contributed by atoms with E-state index in [9.17, 15) is 0 Å². The molecule has 0 aliphatic heterocycles. The van der Waals surface area contributed by atoms with Gasteiger partial charge in [0.25, 0.3) is 0 Å². The minimum absolute atomic E-state index is 0.417. The number of nitrogens with two attached hydrogens (primary N) is 1. The van der Waals surface area contributed by atoms with Crippen LogP contribution < -0.4 is 10.5 Å². The Kier molecular flexibility index (Phi) is 3.45. The molecule has 3 heteroatoms. The van der Waals surface area contributed by atoms with E-state index >= 15 is 0 Å². The van der Waals surface area contributed by atoms with Crippen LogP contribution in [-0.2, 0) is 19.4 Å². The van der Waals surface area contributed by atoms with E-state index in [1.165, 1.54) is 24.0 Å². The van der Waals surface area contributed by atoms with Gasteiger partial charge in [0.05, 0.1) is 0 Å². The molecule has 0 spiro atoms. The van der Waals surface area contributed by atoms with Crippen LogP contribution >= 0.6 is 11.6 Å². The first-order chi connectivity index (χ1) is 9.26. The van der Waals surface area contributed by atoms with Crippen molar-refractivity contribution in [3.63, 3.8) is 0 Å². The lowest BCUT2D eigenvalue weighted by Gasteiger charge is -2.11. The van der Waals surface area contributed by atoms with Crippen molar-refractivity contribution >= 4 is 11.6 Å². The Labute approximate surface area is 118 Å². The van der Waals surface area contributed by atoms with E-state index in [4.69, 9.17) is 22.1 Å². The van der Waals surface area contributed by atoms with Crippen LogP contribution in [0.5, 0.6) is 11.5 Å². The van der Waals surface area contributed by atoms with Crippen molar-refractivity contribution in [3.8, 4) is 11.5 Å². The summed E-state index contributed by atoms with van der Waals surface area (Å²) in [5.41, 5.74) is 9.50. The fourth-order valence-corrected chi connectivity index (χ4v) is 2.74. The van der Waals surface area contributed by atoms with E-state index < -0.39 is 0 Å². The van der Waals surface area contributed by atoms with Gasteiger partial charge in [0, 0.05) is 17.1 Å². The summed E-state index contributed by atoms with van der Waals surface area (Å²) in [5.74, 6) is 1.66. The van der Waals surface area contributed by atoms with Crippen molar-refractivity contribution in [2.45, 2.75) is 25.8 Å². The third kappa shape index (κ3) is 2.60. The number of hydrogen-bond donors (Lipinski definition) is 1. The van der Waals surface area contributed by atoms with Crippen LogP contribution in [0.2, 0.25) is 5.02 Å². The lowest BCUT2D eigenvalue weighted by atomic mass is 10.1. The number of halogens is 1. The fourth-order valence-electron chi connectivity index (χ4n) is 2.55. The first kappa shape index (κ1) is 12.5. The van der Waals surface area contributed by atoms with Gasteiger partial charge in [-0.3, -0.25) is 0 Å². The standard InChI is InChI=1S/C16H16ClNO/c17-14-5-7-16(13(8-14)10-18)19-15-6-4-11-2-1-3-12(11)9-15/h4-9H,1-3,10,18H2. The highest BCUT2D eigenvalue weighted by Gasteiger charge is 2.12. The van der Waals surface area contributed by atoms with E-state index in [-0.39, 0.29) is 0 Å². The molecule has 0 amide bonds. The van der Waals surface area contributed by atoms with Crippen LogP contribution in [0, 0.1) is 0 Å². The maximum atomic E-state index is 5.96. The summed E-state index contributed by atoms with van der Waals surface area (Å²) in [5, 5.41) is 0.682. The molecule has 0 bridgehead atoms. The Morgan fingerprint density at radius 2 is 1.89 bits per heavy atom. The minimum Gasteiger partial charge on any atom is -0.457 e. The third-order valence-corrected chi connectivity index (χ3v) is 3.78. The normalized spacial score (nSPS) is 13.4. The van der Waals surface area contributed by atoms with E-state index in [0.29, 0.717) is 11.6 Å². The van der Waals surface area contributed by atoms with Crippen molar-refractivity contribution in [1.29, 1.82) is 0 Å². The predicted molar refractivity (Wildman–Crippen MR) is 77.9 cm³/mol. The zero-order chi connectivity index (χ0) is 13.2. The van der Waals surface area contributed by atoms with Crippen LogP contribution in [0.1, 0.15) is 23.1 Å². The monoisotopic (exact) mass is 273 g/mol. The zero-order valence-electron chi connectivity index (χ0n) is 10.7. The molecule has 0 saturated heterocycles. The molecule has 3 rings (SSSR count). The van der Waals surface area contributed by atoms with E-state index in [0.717, 1.165) is 23.5 Å². The summed E-state index contributed by atoms with van der Waals surface area (Å²) in [7, 11) is 0. The van der Waals surface area contributed by atoms with Gasteiger partial charge in [-0.1, -0.05) is 17.7 Å². The average Bonchev–Trinajstić information content (AvgIpc) is 2.88. The average molecular weight is 274 g/mol. The summed E-state index contributed by atoms with van der Waals surface area (Å²) in [4.78, 5) is 0. The van der Waals surface area contributed by atoms with Crippen LogP contribution in [0.15, 0.2) is 36.4 Å². The highest BCUT2D eigenvalue weighted by atomic mass is 35.5. The minimum atomic E-state index is 0.417. The molecule has 0 fully saturated rings. The number of ether oxygens (including phenoxy) is 1. The first-order valence-electron chi connectivity index (χ1n) is 6.54. The molecule has 1 aliphatic carbocycles. The molecule has 0 unspecified atom stereocenters. The third-order valence-electron chi connectivity index (χ3n) is 3.54. The molecule has 0 heterocycles. The van der Waals surface area contributed by atoms with Gasteiger partial charge in [-0.25, -0.2) is 0 Å². The first-order valence-corrected chi connectivity index (χ1v) is 6.92. The quantitative estimate of drug-likeness (QED) is 0.914. The van der Waals surface area contributed by atoms with Gasteiger partial charge < -0.3 is 10.5 Å². The molecule has 0 saturated carbocycles. The Hall–Kier alpha value is -1.51. The summed E-state index contributed by atoms with van der Waals surface area (Å²) >= 11 is 5.96. The smallest absolute Gasteiger partial charge is 0.132 e. The van der Waals surface area contributed by atoms with Crippen LogP contribution in [0.25, 0.3) is 0 Å². The van der Waals surface area contributed by atoms with E-state index in [1.54, 1.807) is 0 Å². The maximum Gasteiger partial charge on any atom is 0.132 e. The van der Waals surface area contributed by atoms with E-state index in [1.807, 2.05) is 24.3 Å². The van der Waals surface area contributed by atoms with Crippen molar-refractivity contribution in [2.24, 2.45) is 5.73 Å². The topological polar surface area (TPSA) is 35.2 Å². The lowest BCUT2D eigenvalue weighted by Crippen LogP contribution is -1.99. The Morgan fingerprint density at radius 3 is 2.74 bits per heavy atom. The zero-order valence-corrected chi connectivity index (χ0v) is 11.4. The summed E-state index contributed by atoms with van der Waals surface area (Å²) in [6, 6.07) is 11.9. The van der Waals surface area contributed by atoms with Crippen molar-refractivity contribution < 1.29 is 4.74 Å². The van der Waals surface area contributed by atoms with Crippen LogP contribution in [0.4, 0.5) is 0 Å². The number of aryl methyl sites for hydroxylation is 2. The van der Waals surface area contributed by atoms with Gasteiger partial charge in [0.15, 0.2) is 0 Å². The number of benzene rings is 2. The van der Waals surface area contributed by atoms with Crippen molar-refractivity contribution in [1.82, 2.24) is 0 Å². The van der Waals surface area contributed by atoms with Gasteiger partial charge in [-0.15, -0.1) is 0 Å². The van der Waals surface area contributed by atoms with Gasteiger partial charge in [-0.2, -0.15) is 0 Å². The second-order valence-corrected chi connectivity index (χ2v) is 5.28. The van der Waals surface area contributed by atoms with Crippen molar-refractivity contribution in [3.05, 3.63) is 58.1 Å². The molecule has 0 radical (unpaired) electrons. The molecule has 1 aliphatic rings. The second kappa shape index (κ2) is 5.24.